The first-order valence-electron chi connectivity index (χ1n) is 6.91. The van der Waals surface area contributed by atoms with Crippen molar-refractivity contribution in [2.75, 3.05) is 0 Å². The van der Waals surface area contributed by atoms with Crippen molar-refractivity contribution in [3.05, 3.63) is 35.5 Å². The van der Waals surface area contributed by atoms with Gasteiger partial charge in [0.1, 0.15) is 0 Å². The van der Waals surface area contributed by atoms with Crippen LogP contribution in [0.25, 0.3) is 10.9 Å². The number of aromatic amines is 1. The van der Waals surface area contributed by atoms with Crippen molar-refractivity contribution in [1.82, 2.24) is 4.98 Å². The Balaban J connectivity index is 2.31. The second kappa shape index (κ2) is 4.80. The number of hydrogen-bond donors (Lipinski definition) is 1. The van der Waals surface area contributed by atoms with Crippen molar-refractivity contribution in [3.63, 3.8) is 0 Å². The van der Waals surface area contributed by atoms with E-state index in [4.69, 9.17) is 4.43 Å². The van der Waals surface area contributed by atoms with Crippen LogP contribution >= 0.6 is 0 Å². The highest BCUT2D eigenvalue weighted by Crippen LogP contribution is 2.32. The van der Waals surface area contributed by atoms with Gasteiger partial charge in [-0.05, 0) is 49.1 Å². The molecule has 2 nitrogen and oxygen atoms in total. The van der Waals surface area contributed by atoms with Crippen LogP contribution in [0.5, 0.6) is 0 Å². The summed E-state index contributed by atoms with van der Waals surface area (Å²) in [5.74, 6) is 0. The molecule has 0 amide bonds. The van der Waals surface area contributed by atoms with E-state index in [-0.39, 0.29) is 5.60 Å². The molecular weight excluding hydrogens is 250 g/mol. The molecule has 0 saturated heterocycles. The minimum absolute atomic E-state index is 0.199. The molecule has 0 spiro atoms. The molecule has 0 fully saturated rings. The Bertz CT molecular complexity index is 578. The summed E-state index contributed by atoms with van der Waals surface area (Å²) >= 11 is 0. The van der Waals surface area contributed by atoms with Gasteiger partial charge in [-0.25, -0.2) is 0 Å². The summed E-state index contributed by atoms with van der Waals surface area (Å²) in [4.78, 5) is 3.29. The molecule has 1 N–H and O–H groups in total. The van der Waals surface area contributed by atoms with E-state index in [1.54, 1.807) is 0 Å². The number of benzene rings is 1. The smallest absolute Gasteiger partial charge is 0.168 e. The normalized spacial score (nSPS) is 13.8. The van der Waals surface area contributed by atoms with Gasteiger partial charge in [0.05, 0.1) is 5.60 Å². The molecule has 104 valence electrons. The summed E-state index contributed by atoms with van der Waals surface area (Å²) < 4.78 is 6.29. The predicted octanol–water partition coefficient (Wildman–Crippen LogP) is 4.03. The van der Waals surface area contributed by atoms with Crippen LogP contribution in [0.3, 0.4) is 0 Å². The molecule has 0 bridgehead atoms. The van der Waals surface area contributed by atoms with Crippen molar-refractivity contribution in [2.45, 2.75) is 52.2 Å². The number of aromatic nitrogens is 1. The molecule has 2 aromatic rings. The van der Waals surface area contributed by atoms with Crippen LogP contribution in [0.4, 0.5) is 0 Å². The highest BCUT2D eigenvalue weighted by atomic mass is 28.2. The van der Waals surface area contributed by atoms with Gasteiger partial charge in [0.2, 0.25) is 0 Å². The second-order valence-electron chi connectivity index (χ2n) is 7.09. The molecule has 0 aliphatic heterocycles. The van der Waals surface area contributed by atoms with Gasteiger partial charge in [-0.15, -0.1) is 0 Å². The third kappa shape index (κ3) is 3.28. The van der Waals surface area contributed by atoms with Crippen LogP contribution in [0.15, 0.2) is 24.4 Å². The van der Waals surface area contributed by atoms with Gasteiger partial charge in [-0.2, -0.15) is 0 Å². The van der Waals surface area contributed by atoms with E-state index in [1.165, 1.54) is 22.0 Å². The Morgan fingerprint density at radius 3 is 2.42 bits per heavy atom. The van der Waals surface area contributed by atoms with Gasteiger partial charge in [0.15, 0.2) is 9.76 Å². The van der Waals surface area contributed by atoms with Crippen molar-refractivity contribution in [2.24, 2.45) is 0 Å². The molecule has 0 atom stereocenters. The average Bonchev–Trinajstić information content (AvgIpc) is 2.74. The zero-order chi connectivity index (χ0) is 14.3. The summed E-state index contributed by atoms with van der Waals surface area (Å²) in [5.41, 5.74) is 3.59. The van der Waals surface area contributed by atoms with Crippen LogP contribution in [0.1, 0.15) is 45.7 Å². The molecule has 0 radical (unpaired) electrons. The van der Waals surface area contributed by atoms with Crippen molar-refractivity contribution < 1.29 is 4.43 Å². The Morgan fingerprint density at radius 2 is 1.79 bits per heavy atom. The van der Waals surface area contributed by atoms with Crippen molar-refractivity contribution >= 4 is 20.7 Å². The third-order valence-electron chi connectivity index (χ3n) is 3.42. The fraction of sp³-hybridized carbons (Fsp3) is 0.500. The lowest BCUT2D eigenvalue weighted by molar-refractivity contribution is 0.109. The maximum atomic E-state index is 6.29. The maximum absolute atomic E-state index is 6.29. The molecule has 1 heterocycles. The standard InChI is InChI=1S/C16H25NOSi/c1-11-9-13(10-12-7-8-17-14(11)12)16(5,6)18-19-15(2,3)4/h7-10,17H,19H2,1-6H3. The Kier molecular flexibility index (Phi) is 3.62. The summed E-state index contributed by atoms with van der Waals surface area (Å²) in [6, 6.07) is 6.62. The van der Waals surface area contributed by atoms with Gasteiger partial charge >= 0.3 is 0 Å². The van der Waals surface area contributed by atoms with E-state index in [0.29, 0.717) is 5.04 Å². The van der Waals surface area contributed by atoms with E-state index >= 15 is 0 Å². The second-order valence-corrected chi connectivity index (χ2v) is 9.79. The van der Waals surface area contributed by atoms with E-state index in [2.05, 4.69) is 64.7 Å². The number of fused-ring (bicyclic) bond motifs is 1. The number of H-pyrrole nitrogens is 1. The molecule has 19 heavy (non-hydrogen) atoms. The van der Waals surface area contributed by atoms with Gasteiger partial charge in [-0.3, -0.25) is 0 Å². The lowest BCUT2D eigenvalue weighted by Crippen LogP contribution is -2.27. The maximum Gasteiger partial charge on any atom is 0.168 e. The number of hydrogen-bond acceptors (Lipinski definition) is 1. The van der Waals surface area contributed by atoms with Gasteiger partial charge in [0, 0.05) is 17.1 Å². The minimum Gasteiger partial charge on any atom is -0.415 e. The van der Waals surface area contributed by atoms with E-state index in [0.717, 1.165) is 0 Å². The van der Waals surface area contributed by atoms with E-state index < -0.39 is 9.76 Å². The van der Waals surface area contributed by atoms with Gasteiger partial charge < -0.3 is 9.41 Å². The summed E-state index contributed by atoms with van der Waals surface area (Å²) in [6.07, 6.45) is 2.00. The monoisotopic (exact) mass is 275 g/mol. The number of aryl methyl sites for hydroxylation is 1. The average molecular weight is 275 g/mol. The van der Waals surface area contributed by atoms with E-state index in [9.17, 15) is 0 Å². The van der Waals surface area contributed by atoms with Gasteiger partial charge in [-0.1, -0.05) is 26.8 Å². The van der Waals surface area contributed by atoms with Crippen LogP contribution < -0.4 is 0 Å². The molecule has 1 aromatic heterocycles. The van der Waals surface area contributed by atoms with E-state index in [1.807, 2.05) is 6.20 Å². The molecule has 0 aliphatic carbocycles. The minimum atomic E-state index is -0.557. The van der Waals surface area contributed by atoms with Crippen LogP contribution in [0.2, 0.25) is 5.04 Å². The molecule has 1 aromatic carbocycles. The van der Waals surface area contributed by atoms with Crippen molar-refractivity contribution in [3.8, 4) is 0 Å². The first-order chi connectivity index (χ1) is 8.69. The lowest BCUT2D eigenvalue weighted by Gasteiger charge is -2.31. The van der Waals surface area contributed by atoms with Crippen LogP contribution in [0, 0.1) is 6.92 Å². The molecule has 0 aliphatic rings. The molecular formula is C16H25NOSi. The topological polar surface area (TPSA) is 25.0 Å². The largest absolute Gasteiger partial charge is 0.415 e. The summed E-state index contributed by atoms with van der Waals surface area (Å²) in [7, 11) is -0.557. The predicted molar refractivity (Wildman–Crippen MR) is 85.4 cm³/mol. The highest BCUT2D eigenvalue weighted by molar-refractivity contribution is 6.31. The first kappa shape index (κ1) is 14.3. The molecule has 3 heteroatoms. The highest BCUT2D eigenvalue weighted by Gasteiger charge is 2.25. The Morgan fingerprint density at radius 1 is 1.11 bits per heavy atom. The Hall–Kier alpha value is -1.06. The van der Waals surface area contributed by atoms with Gasteiger partial charge in [0.25, 0.3) is 0 Å². The fourth-order valence-corrected chi connectivity index (χ4v) is 3.15. The fourth-order valence-electron chi connectivity index (χ4n) is 2.19. The SMILES string of the molecule is Cc1cc(C(C)(C)O[SiH2]C(C)(C)C)cc2cc[nH]c12. The summed E-state index contributed by atoms with van der Waals surface area (Å²) in [5, 5.41) is 1.59. The first-order valence-corrected chi connectivity index (χ1v) is 8.20. The molecule has 0 unspecified atom stereocenters. The quantitative estimate of drug-likeness (QED) is 0.841. The summed E-state index contributed by atoms with van der Waals surface area (Å²) in [6.45, 7) is 13.3. The Labute approximate surface area is 118 Å². The zero-order valence-electron chi connectivity index (χ0n) is 12.9. The molecule has 0 saturated carbocycles. The number of nitrogens with one attached hydrogen (secondary N) is 1. The molecule has 2 rings (SSSR count). The van der Waals surface area contributed by atoms with Crippen LogP contribution in [-0.2, 0) is 10.0 Å². The van der Waals surface area contributed by atoms with Crippen LogP contribution in [-0.4, -0.2) is 14.7 Å². The number of rotatable bonds is 3. The van der Waals surface area contributed by atoms with Crippen molar-refractivity contribution in [1.29, 1.82) is 0 Å². The zero-order valence-corrected chi connectivity index (χ0v) is 14.3. The third-order valence-corrected chi connectivity index (χ3v) is 5.15. The lowest BCUT2D eigenvalue weighted by atomic mass is 9.95.